The van der Waals surface area contributed by atoms with Gasteiger partial charge in [0.1, 0.15) is 0 Å². The molecule has 0 spiro atoms. The van der Waals surface area contributed by atoms with Crippen molar-refractivity contribution < 1.29 is 14.0 Å². The van der Waals surface area contributed by atoms with Gasteiger partial charge in [-0.15, -0.1) is 0 Å². The molecule has 1 atom stereocenters. The lowest BCUT2D eigenvalue weighted by Crippen LogP contribution is -2.30. The third-order valence-corrected chi connectivity index (χ3v) is 2.92. The van der Waals surface area contributed by atoms with Gasteiger partial charge < -0.3 is 0 Å². The van der Waals surface area contributed by atoms with Gasteiger partial charge in [0.15, 0.2) is 5.78 Å². The van der Waals surface area contributed by atoms with E-state index in [2.05, 4.69) is 0 Å². The van der Waals surface area contributed by atoms with Crippen molar-refractivity contribution in [3.63, 3.8) is 0 Å². The fourth-order valence-corrected chi connectivity index (χ4v) is 1.58. The fraction of sp³-hybridized carbons (Fsp3) is 0.429. The zero-order valence-electron chi connectivity index (χ0n) is 10.6. The van der Waals surface area contributed by atoms with Crippen molar-refractivity contribution in [2.45, 2.75) is 33.9 Å². The molecular weight excluding hydrogens is 219 g/mol. The molecule has 2 nitrogen and oxygen atoms in total. The van der Waals surface area contributed by atoms with Gasteiger partial charge in [-0.25, -0.2) is 4.39 Å². The Bertz CT molecular complexity index is 450. The van der Waals surface area contributed by atoms with Crippen LogP contribution in [0.2, 0.25) is 0 Å². The summed E-state index contributed by atoms with van der Waals surface area (Å²) in [6.45, 7) is 6.79. The molecular formula is C14H17FO2. The summed E-state index contributed by atoms with van der Waals surface area (Å²) < 4.78 is 13.7. The minimum Gasteiger partial charge on any atom is -0.296 e. The molecule has 0 fully saturated rings. The van der Waals surface area contributed by atoms with Crippen LogP contribution in [0.5, 0.6) is 0 Å². The van der Waals surface area contributed by atoms with Crippen molar-refractivity contribution in [1.29, 1.82) is 0 Å². The number of Topliss-reactive ketones (excluding diaryl/α,β-unsaturated/α-hetero) is 2. The van der Waals surface area contributed by atoms with Gasteiger partial charge in [-0.05, 0) is 25.0 Å². The average molecular weight is 236 g/mol. The summed E-state index contributed by atoms with van der Waals surface area (Å²) >= 11 is 0. The Morgan fingerprint density at radius 2 is 1.76 bits per heavy atom. The number of alkyl halides is 1. The molecule has 0 N–H and O–H groups in total. The van der Waals surface area contributed by atoms with E-state index in [0.717, 1.165) is 11.1 Å². The van der Waals surface area contributed by atoms with Crippen LogP contribution in [0.1, 0.15) is 35.3 Å². The monoisotopic (exact) mass is 236 g/mol. The lowest BCUT2D eigenvalue weighted by molar-refractivity contribution is -0.125. The molecule has 92 valence electrons. The predicted octanol–water partition coefficient (Wildman–Crippen LogP) is 3.05. The second kappa shape index (κ2) is 5.21. The zero-order valence-corrected chi connectivity index (χ0v) is 10.6. The lowest BCUT2D eigenvalue weighted by atomic mass is 9.94. The summed E-state index contributed by atoms with van der Waals surface area (Å²) in [6.07, 6.45) is -2.05. The van der Waals surface area contributed by atoms with Crippen LogP contribution in [0, 0.1) is 19.8 Å². The zero-order chi connectivity index (χ0) is 13.2. The second-order valence-corrected chi connectivity index (χ2v) is 4.53. The molecule has 0 radical (unpaired) electrons. The van der Waals surface area contributed by atoms with Gasteiger partial charge in [0.05, 0.1) is 0 Å². The van der Waals surface area contributed by atoms with Gasteiger partial charge in [-0.1, -0.05) is 32.0 Å². The SMILES string of the molecule is Cc1cccc(C(=O)C(F)C(=O)C(C)C)c1C. The Kier molecular flexibility index (Phi) is 4.16. The van der Waals surface area contributed by atoms with Crippen LogP contribution in [0.4, 0.5) is 4.39 Å². The maximum atomic E-state index is 13.7. The minimum atomic E-state index is -2.05. The van der Waals surface area contributed by atoms with E-state index < -0.39 is 23.7 Å². The topological polar surface area (TPSA) is 34.1 Å². The summed E-state index contributed by atoms with van der Waals surface area (Å²) in [7, 11) is 0. The van der Waals surface area contributed by atoms with Gasteiger partial charge in [-0.3, -0.25) is 9.59 Å². The Hall–Kier alpha value is -1.51. The highest BCUT2D eigenvalue weighted by molar-refractivity contribution is 6.14. The molecule has 0 saturated carbocycles. The number of rotatable bonds is 4. The summed E-state index contributed by atoms with van der Waals surface area (Å²) in [6, 6.07) is 5.11. The van der Waals surface area contributed by atoms with Gasteiger partial charge in [-0.2, -0.15) is 0 Å². The number of hydrogen-bond acceptors (Lipinski definition) is 2. The quantitative estimate of drug-likeness (QED) is 0.594. The number of halogens is 1. The van der Waals surface area contributed by atoms with Crippen LogP contribution in [0.15, 0.2) is 18.2 Å². The molecule has 17 heavy (non-hydrogen) atoms. The fourth-order valence-electron chi connectivity index (χ4n) is 1.58. The molecule has 0 amide bonds. The Morgan fingerprint density at radius 1 is 1.18 bits per heavy atom. The molecule has 3 heteroatoms. The molecule has 0 heterocycles. The van der Waals surface area contributed by atoms with Crippen molar-refractivity contribution >= 4 is 11.6 Å². The molecule has 1 unspecified atom stereocenters. The first kappa shape index (κ1) is 13.6. The molecule has 0 aromatic heterocycles. The number of benzene rings is 1. The van der Waals surface area contributed by atoms with E-state index in [1.165, 1.54) is 0 Å². The first-order chi connectivity index (χ1) is 7.86. The Balaban J connectivity index is 3.05. The van der Waals surface area contributed by atoms with Crippen LogP contribution in [-0.2, 0) is 4.79 Å². The minimum absolute atomic E-state index is 0.298. The maximum Gasteiger partial charge on any atom is 0.221 e. The van der Waals surface area contributed by atoms with Crippen LogP contribution in [-0.4, -0.2) is 17.7 Å². The third-order valence-electron chi connectivity index (χ3n) is 2.92. The smallest absolute Gasteiger partial charge is 0.221 e. The summed E-state index contributed by atoms with van der Waals surface area (Å²) in [4.78, 5) is 23.3. The van der Waals surface area contributed by atoms with Crippen molar-refractivity contribution in [2.75, 3.05) is 0 Å². The van der Waals surface area contributed by atoms with Crippen molar-refractivity contribution in [2.24, 2.45) is 5.92 Å². The standard InChI is InChI=1S/C14H17FO2/c1-8(2)13(16)12(15)14(17)11-7-5-6-9(3)10(11)4/h5-8,12H,1-4H3. The molecule has 0 aliphatic carbocycles. The highest BCUT2D eigenvalue weighted by Crippen LogP contribution is 2.17. The molecule has 0 aliphatic rings. The number of aryl methyl sites for hydroxylation is 1. The van der Waals surface area contributed by atoms with E-state index in [1.807, 2.05) is 13.0 Å². The van der Waals surface area contributed by atoms with E-state index in [1.54, 1.807) is 32.9 Å². The van der Waals surface area contributed by atoms with Gasteiger partial charge in [0.25, 0.3) is 0 Å². The predicted molar refractivity (Wildman–Crippen MR) is 65.0 cm³/mol. The molecule has 1 aromatic carbocycles. The van der Waals surface area contributed by atoms with Crippen molar-refractivity contribution in [3.8, 4) is 0 Å². The van der Waals surface area contributed by atoms with E-state index in [9.17, 15) is 14.0 Å². The van der Waals surface area contributed by atoms with Gasteiger partial charge in [0.2, 0.25) is 12.0 Å². The molecule has 1 aromatic rings. The van der Waals surface area contributed by atoms with Gasteiger partial charge in [0, 0.05) is 11.5 Å². The van der Waals surface area contributed by atoms with E-state index in [-0.39, 0.29) is 0 Å². The Morgan fingerprint density at radius 3 is 2.29 bits per heavy atom. The highest BCUT2D eigenvalue weighted by atomic mass is 19.1. The van der Waals surface area contributed by atoms with Crippen molar-refractivity contribution in [3.05, 3.63) is 34.9 Å². The highest BCUT2D eigenvalue weighted by Gasteiger charge is 2.29. The van der Waals surface area contributed by atoms with Gasteiger partial charge >= 0.3 is 0 Å². The molecule has 0 bridgehead atoms. The van der Waals surface area contributed by atoms with Crippen LogP contribution in [0.3, 0.4) is 0 Å². The number of carbonyl (C=O) groups is 2. The Labute approximate surface area is 101 Å². The largest absolute Gasteiger partial charge is 0.296 e. The van der Waals surface area contributed by atoms with E-state index in [4.69, 9.17) is 0 Å². The van der Waals surface area contributed by atoms with Crippen LogP contribution >= 0.6 is 0 Å². The number of hydrogen-bond donors (Lipinski definition) is 0. The van der Waals surface area contributed by atoms with Crippen molar-refractivity contribution in [1.82, 2.24) is 0 Å². The number of carbonyl (C=O) groups excluding carboxylic acids is 2. The summed E-state index contributed by atoms with van der Waals surface area (Å²) in [5.74, 6) is -1.86. The summed E-state index contributed by atoms with van der Waals surface area (Å²) in [5.41, 5.74) is 1.95. The van der Waals surface area contributed by atoms with Crippen LogP contribution in [0.25, 0.3) is 0 Å². The summed E-state index contributed by atoms with van der Waals surface area (Å²) in [5, 5.41) is 0. The molecule has 1 rings (SSSR count). The van der Waals surface area contributed by atoms with Crippen LogP contribution < -0.4 is 0 Å². The maximum absolute atomic E-state index is 13.7. The number of ketones is 2. The van der Waals surface area contributed by atoms with E-state index >= 15 is 0 Å². The third kappa shape index (κ3) is 2.78. The first-order valence-electron chi connectivity index (χ1n) is 5.64. The molecule has 0 saturated heterocycles. The lowest BCUT2D eigenvalue weighted by Gasteiger charge is -2.12. The average Bonchev–Trinajstić information content (AvgIpc) is 2.29. The first-order valence-corrected chi connectivity index (χ1v) is 5.64. The normalized spacial score (nSPS) is 12.6. The second-order valence-electron chi connectivity index (χ2n) is 4.53. The molecule has 0 aliphatic heterocycles. The van der Waals surface area contributed by atoms with E-state index in [0.29, 0.717) is 5.56 Å².